The Bertz CT molecular complexity index is 192. The maximum Gasteiger partial charge on any atom is 0.294 e. The molecule has 0 heterocycles. The molecule has 0 amide bonds. The average Bonchev–Trinajstić information content (AvgIpc) is 1.84. The summed E-state index contributed by atoms with van der Waals surface area (Å²) < 4.78 is 22.3. The van der Waals surface area contributed by atoms with Crippen molar-refractivity contribution < 1.29 is 12.3 Å². The first-order chi connectivity index (χ1) is 4.37. The largest absolute Gasteiger partial charge is 0.294 e. The number of hydrogen-bond acceptors (Lipinski definition) is 2. The van der Waals surface area contributed by atoms with E-state index in [0.29, 0.717) is 13.1 Å². The minimum Gasteiger partial charge on any atom is -0.222 e. The quantitative estimate of drug-likeness (QED) is 0.570. The van der Waals surface area contributed by atoms with Gasteiger partial charge < -0.3 is 0 Å². The summed E-state index contributed by atoms with van der Waals surface area (Å²) in [7, 11) is -1.20. The number of hydrogen-bond donors (Lipinski definition) is 0. The Morgan fingerprint density at radius 2 is 1.50 bits per heavy atom. The molecule has 4 heteroatoms. The fourth-order valence-electron chi connectivity index (χ4n) is 0.693. The second-order valence-corrected chi connectivity index (χ2v) is 5.01. The average molecular weight is 166 g/mol. The molecular formula is C6H16NO2S+. The molecule has 0 aliphatic rings. The summed E-state index contributed by atoms with van der Waals surface area (Å²) in [6, 6.07) is 0. The Balaban J connectivity index is 4.68. The van der Waals surface area contributed by atoms with Crippen LogP contribution in [0.2, 0.25) is 0 Å². The minimum atomic E-state index is -2.93. The number of sulfonamides is 1. The normalized spacial score (nSPS) is 13.6. The van der Waals surface area contributed by atoms with Gasteiger partial charge in [-0.25, -0.2) is 3.89 Å². The topological polar surface area (TPSA) is 34.1 Å². The lowest BCUT2D eigenvalue weighted by atomic mass is 10.6. The van der Waals surface area contributed by atoms with E-state index in [1.165, 1.54) is 6.26 Å². The third-order valence-corrected chi connectivity index (χ3v) is 4.26. The van der Waals surface area contributed by atoms with Crippen LogP contribution in [0.5, 0.6) is 0 Å². The van der Waals surface area contributed by atoms with Crippen molar-refractivity contribution in [1.82, 2.24) is 0 Å². The van der Waals surface area contributed by atoms with Crippen molar-refractivity contribution >= 4 is 10.0 Å². The van der Waals surface area contributed by atoms with Gasteiger partial charge in [0.25, 0.3) is 10.0 Å². The van der Waals surface area contributed by atoms with E-state index < -0.39 is 10.0 Å². The summed E-state index contributed by atoms with van der Waals surface area (Å²) in [6.45, 7) is 5.03. The first-order valence-electron chi connectivity index (χ1n) is 3.42. The highest BCUT2D eigenvalue weighted by Gasteiger charge is 2.28. The van der Waals surface area contributed by atoms with Crippen LogP contribution in [-0.4, -0.2) is 38.7 Å². The predicted molar refractivity (Wildman–Crippen MR) is 42.1 cm³/mol. The molecule has 0 N–H and O–H groups in total. The second-order valence-electron chi connectivity index (χ2n) is 2.66. The molecule has 3 nitrogen and oxygen atoms in total. The van der Waals surface area contributed by atoms with Gasteiger partial charge in [-0.15, -0.1) is 0 Å². The van der Waals surface area contributed by atoms with Crippen LogP contribution < -0.4 is 0 Å². The standard InChI is InChI=1S/C6H16NO2S/c1-5-7(3,6-2)10(4,8)9/h5-6H2,1-4H3/q+1. The molecule has 0 rings (SSSR count). The minimum absolute atomic E-state index is 0.132. The molecule has 0 aliphatic carbocycles. The fraction of sp³-hybridized carbons (Fsp3) is 1.00. The maximum absolute atomic E-state index is 11.1. The van der Waals surface area contributed by atoms with Crippen molar-refractivity contribution in [2.24, 2.45) is 0 Å². The Morgan fingerprint density at radius 3 is 1.50 bits per heavy atom. The third kappa shape index (κ3) is 1.70. The summed E-state index contributed by atoms with van der Waals surface area (Å²) in [4.78, 5) is 0. The number of quaternary nitrogens is 1. The number of rotatable bonds is 3. The van der Waals surface area contributed by atoms with Crippen LogP contribution in [0, 0.1) is 0 Å². The molecule has 0 fully saturated rings. The summed E-state index contributed by atoms with van der Waals surface area (Å²) in [6.07, 6.45) is 1.28. The Morgan fingerprint density at radius 1 is 1.20 bits per heavy atom. The van der Waals surface area contributed by atoms with Gasteiger partial charge in [0.15, 0.2) is 0 Å². The van der Waals surface area contributed by atoms with Crippen LogP contribution in [0.3, 0.4) is 0 Å². The summed E-state index contributed by atoms with van der Waals surface area (Å²) in [5.74, 6) is 0. The van der Waals surface area contributed by atoms with Gasteiger partial charge >= 0.3 is 0 Å². The van der Waals surface area contributed by atoms with Gasteiger partial charge in [0.2, 0.25) is 0 Å². The molecule has 0 unspecified atom stereocenters. The van der Waals surface area contributed by atoms with Crippen molar-refractivity contribution in [2.45, 2.75) is 13.8 Å². The Kier molecular flexibility index (Phi) is 2.86. The van der Waals surface area contributed by atoms with Crippen LogP contribution in [-0.2, 0) is 10.0 Å². The zero-order chi connectivity index (χ0) is 8.41. The molecule has 0 aromatic heterocycles. The lowest BCUT2D eigenvalue weighted by molar-refractivity contribution is -0.780. The van der Waals surface area contributed by atoms with Crippen molar-refractivity contribution in [1.29, 1.82) is 0 Å². The van der Waals surface area contributed by atoms with Gasteiger partial charge in [-0.3, -0.25) is 0 Å². The zero-order valence-corrected chi connectivity index (χ0v) is 7.90. The van der Waals surface area contributed by atoms with Gasteiger partial charge in [-0.05, 0) is 13.8 Å². The molecule has 0 saturated heterocycles. The van der Waals surface area contributed by atoms with Gasteiger partial charge in [0, 0.05) is 0 Å². The summed E-state index contributed by atoms with van der Waals surface area (Å²) in [5, 5.41) is 0. The Labute approximate surface area is 63.3 Å². The molecule has 0 aliphatic heterocycles. The van der Waals surface area contributed by atoms with E-state index in [4.69, 9.17) is 0 Å². The van der Waals surface area contributed by atoms with E-state index in [-0.39, 0.29) is 3.89 Å². The molecule has 0 bridgehead atoms. The summed E-state index contributed by atoms with van der Waals surface area (Å²) >= 11 is 0. The fourth-order valence-corrected chi connectivity index (χ4v) is 1.63. The van der Waals surface area contributed by atoms with E-state index in [1.807, 2.05) is 13.8 Å². The highest BCUT2D eigenvalue weighted by Crippen LogP contribution is 2.07. The lowest BCUT2D eigenvalue weighted by Crippen LogP contribution is -2.47. The highest BCUT2D eigenvalue weighted by atomic mass is 32.2. The smallest absolute Gasteiger partial charge is 0.222 e. The molecular weight excluding hydrogens is 150 g/mol. The van der Waals surface area contributed by atoms with Gasteiger partial charge in [-0.2, -0.15) is 8.42 Å². The predicted octanol–water partition coefficient (Wildman–Crippen LogP) is 0.432. The van der Waals surface area contributed by atoms with E-state index in [2.05, 4.69) is 0 Å². The van der Waals surface area contributed by atoms with Gasteiger partial charge in [0.1, 0.15) is 0 Å². The van der Waals surface area contributed by atoms with Crippen molar-refractivity contribution in [2.75, 3.05) is 26.4 Å². The molecule has 0 spiro atoms. The van der Waals surface area contributed by atoms with E-state index >= 15 is 0 Å². The SMILES string of the molecule is CC[N+](C)(CC)S(C)(=O)=O. The molecule has 62 valence electrons. The van der Waals surface area contributed by atoms with Gasteiger partial charge in [0.05, 0.1) is 26.4 Å². The molecule has 0 atom stereocenters. The number of nitrogens with zero attached hydrogens (tertiary/aromatic N) is 1. The van der Waals surface area contributed by atoms with Crippen LogP contribution in [0.15, 0.2) is 0 Å². The first kappa shape index (κ1) is 9.91. The second kappa shape index (κ2) is 2.88. The maximum atomic E-state index is 11.1. The van der Waals surface area contributed by atoms with E-state index in [1.54, 1.807) is 7.05 Å². The van der Waals surface area contributed by atoms with Crippen molar-refractivity contribution in [3.8, 4) is 0 Å². The highest BCUT2D eigenvalue weighted by molar-refractivity contribution is 7.85. The molecule has 0 aromatic carbocycles. The summed E-state index contributed by atoms with van der Waals surface area (Å²) in [5.41, 5.74) is 0. The lowest BCUT2D eigenvalue weighted by Gasteiger charge is -2.28. The van der Waals surface area contributed by atoms with Crippen molar-refractivity contribution in [3.05, 3.63) is 0 Å². The first-order valence-corrected chi connectivity index (χ1v) is 5.27. The molecule has 0 radical (unpaired) electrons. The zero-order valence-electron chi connectivity index (χ0n) is 7.09. The van der Waals surface area contributed by atoms with E-state index in [9.17, 15) is 8.42 Å². The third-order valence-electron chi connectivity index (χ3n) is 2.14. The van der Waals surface area contributed by atoms with Crippen LogP contribution in [0.1, 0.15) is 13.8 Å². The van der Waals surface area contributed by atoms with Crippen molar-refractivity contribution in [3.63, 3.8) is 0 Å². The van der Waals surface area contributed by atoms with Crippen LogP contribution in [0.4, 0.5) is 0 Å². The molecule has 10 heavy (non-hydrogen) atoms. The Hall–Kier alpha value is -0.0900. The monoisotopic (exact) mass is 166 g/mol. The van der Waals surface area contributed by atoms with Gasteiger partial charge in [-0.1, -0.05) is 0 Å². The van der Waals surface area contributed by atoms with E-state index in [0.717, 1.165) is 0 Å². The molecule has 0 saturated carbocycles. The van der Waals surface area contributed by atoms with Crippen LogP contribution in [0.25, 0.3) is 0 Å². The van der Waals surface area contributed by atoms with Crippen LogP contribution >= 0.6 is 0 Å². The molecule has 0 aromatic rings.